The van der Waals surface area contributed by atoms with Crippen LogP contribution in [-0.4, -0.2) is 53.3 Å². The molecule has 0 aromatic heterocycles. The molecule has 0 radical (unpaired) electrons. The van der Waals surface area contributed by atoms with Crippen LogP contribution < -0.4 is 5.32 Å². The lowest BCUT2D eigenvalue weighted by molar-refractivity contribution is -0.138. The maximum atomic E-state index is 12.8. The third-order valence-electron chi connectivity index (χ3n) is 6.10. The summed E-state index contributed by atoms with van der Waals surface area (Å²) in [5.74, 6) is -0.969. The number of benzene rings is 1. The highest BCUT2D eigenvalue weighted by Gasteiger charge is 2.69. The maximum absolute atomic E-state index is 12.8. The molecule has 28 heavy (non-hydrogen) atoms. The van der Waals surface area contributed by atoms with Crippen molar-refractivity contribution in [3.63, 3.8) is 0 Å². The third-order valence-corrected chi connectivity index (χ3v) is 6.10. The summed E-state index contributed by atoms with van der Waals surface area (Å²) >= 11 is 0. The zero-order valence-electron chi connectivity index (χ0n) is 15.3. The van der Waals surface area contributed by atoms with Crippen molar-refractivity contribution in [2.75, 3.05) is 20.1 Å². The van der Waals surface area contributed by atoms with Gasteiger partial charge in [0.05, 0.1) is 11.5 Å². The molecule has 1 saturated carbocycles. The van der Waals surface area contributed by atoms with E-state index in [-0.39, 0.29) is 30.8 Å². The van der Waals surface area contributed by atoms with Crippen LogP contribution in [0.15, 0.2) is 24.3 Å². The van der Waals surface area contributed by atoms with Crippen LogP contribution >= 0.6 is 0 Å². The molecule has 4 amide bonds. The molecule has 1 spiro atoms. The van der Waals surface area contributed by atoms with Crippen molar-refractivity contribution >= 4 is 17.8 Å². The Bertz CT molecular complexity index is 828. The Morgan fingerprint density at radius 3 is 2.43 bits per heavy atom. The van der Waals surface area contributed by atoms with Crippen LogP contribution in [-0.2, 0) is 22.2 Å². The van der Waals surface area contributed by atoms with Gasteiger partial charge in [0.15, 0.2) is 0 Å². The first-order valence-electron chi connectivity index (χ1n) is 9.17. The Morgan fingerprint density at radius 2 is 1.89 bits per heavy atom. The molecule has 1 N–H and O–H groups in total. The van der Waals surface area contributed by atoms with Gasteiger partial charge in [-0.25, -0.2) is 4.79 Å². The molecule has 1 aliphatic carbocycles. The number of alkyl halides is 3. The van der Waals surface area contributed by atoms with Crippen LogP contribution in [0.3, 0.4) is 0 Å². The minimum atomic E-state index is -4.43. The highest BCUT2D eigenvalue weighted by atomic mass is 19.4. The first kappa shape index (κ1) is 18.8. The normalized spacial score (nSPS) is 26.9. The fourth-order valence-electron chi connectivity index (χ4n) is 4.65. The molecule has 6 nitrogen and oxygen atoms in total. The van der Waals surface area contributed by atoms with Crippen LogP contribution in [0.2, 0.25) is 0 Å². The molecular formula is C19H20F3N3O3. The fourth-order valence-corrected chi connectivity index (χ4v) is 4.65. The van der Waals surface area contributed by atoms with Gasteiger partial charge in [-0.05, 0) is 42.9 Å². The average Bonchev–Trinajstić information content (AvgIpc) is 3.24. The van der Waals surface area contributed by atoms with E-state index >= 15 is 0 Å². The molecule has 4 fully saturated rings. The molecule has 9 heteroatoms. The molecule has 3 aliphatic heterocycles. The maximum Gasteiger partial charge on any atom is 0.416 e. The number of hydrogen-bond acceptors (Lipinski definition) is 3. The lowest BCUT2D eigenvalue weighted by atomic mass is 9.73. The summed E-state index contributed by atoms with van der Waals surface area (Å²) in [5.41, 5.74) is -0.955. The van der Waals surface area contributed by atoms with Crippen molar-refractivity contribution in [2.45, 2.75) is 31.0 Å². The van der Waals surface area contributed by atoms with E-state index in [1.807, 2.05) is 0 Å². The van der Waals surface area contributed by atoms with E-state index in [1.165, 1.54) is 19.2 Å². The molecule has 2 bridgehead atoms. The summed E-state index contributed by atoms with van der Waals surface area (Å²) in [7, 11) is 1.45. The fraction of sp³-hybridized carbons (Fsp3) is 0.526. The lowest BCUT2D eigenvalue weighted by Crippen LogP contribution is -2.50. The molecule has 1 aromatic rings. The Balaban J connectivity index is 1.50. The summed E-state index contributed by atoms with van der Waals surface area (Å²) in [6, 6.07) is 4.20. The predicted octanol–water partition coefficient (Wildman–Crippen LogP) is 2.04. The van der Waals surface area contributed by atoms with Gasteiger partial charge in [-0.2, -0.15) is 13.2 Å². The Labute approximate surface area is 159 Å². The first-order chi connectivity index (χ1) is 13.2. The van der Waals surface area contributed by atoms with Gasteiger partial charge in [-0.1, -0.05) is 12.1 Å². The standard InChI is InChI=1S/C19H20F3N3O3/c1-23-15(26)13(6-11-2-4-14(5-3-11)19(20,21)22)10-24-16(27)18-7-12(8-18)9-25(18)17(24)28/h2-5,12-13H,6-10H2,1H3,(H,23,26). The molecule has 4 aliphatic rings. The number of amides is 4. The minimum Gasteiger partial charge on any atom is -0.359 e. The SMILES string of the molecule is CNC(=O)C(Cc1ccc(C(F)(F)F)cc1)CN1C(=O)N2CC3CC2(C3)C1=O. The van der Waals surface area contributed by atoms with E-state index in [9.17, 15) is 27.6 Å². The average molecular weight is 395 g/mol. The van der Waals surface area contributed by atoms with Crippen molar-refractivity contribution < 1.29 is 27.6 Å². The Hall–Kier alpha value is -2.58. The van der Waals surface area contributed by atoms with Crippen molar-refractivity contribution in [3.8, 4) is 0 Å². The second kappa shape index (κ2) is 6.22. The summed E-state index contributed by atoms with van der Waals surface area (Å²) in [6.07, 6.45) is -2.95. The van der Waals surface area contributed by atoms with Gasteiger partial charge in [0.1, 0.15) is 5.54 Å². The van der Waals surface area contributed by atoms with E-state index < -0.39 is 23.2 Å². The molecule has 1 unspecified atom stereocenters. The molecule has 3 saturated heterocycles. The smallest absolute Gasteiger partial charge is 0.359 e. The third kappa shape index (κ3) is 2.75. The van der Waals surface area contributed by atoms with Gasteiger partial charge in [0.25, 0.3) is 5.91 Å². The number of carbonyl (C=O) groups is 3. The zero-order valence-corrected chi connectivity index (χ0v) is 15.3. The number of urea groups is 1. The Morgan fingerprint density at radius 1 is 1.25 bits per heavy atom. The van der Waals surface area contributed by atoms with Crippen LogP contribution in [0.25, 0.3) is 0 Å². The van der Waals surface area contributed by atoms with E-state index in [2.05, 4.69) is 5.32 Å². The number of halogens is 3. The number of carbonyl (C=O) groups excluding carboxylic acids is 3. The summed E-state index contributed by atoms with van der Waals surface area (Å²) in [5, 5.41) is 2.51. The highest BCUT2D eigenvalue weighted by molar-refractivity contribution is 6.08. The van der Waals surface area contributed by atoms with Crippen LogP contribution in [0.5, 0.6) is 0 Å². The van der Waals surface area contributed by atoms with Gasteiger partial charge >= 0.3 is 12.2 Å². The molecule has 3 heterocycles. The number of nitrogens with zero attached hydrogens (tertiary/aromatic N) is 2. The molecular weight excluding hydrogens is 375 g/mol. The van der Waals surface area contributed by atoms with Crippen LogP contribution in [0, 0.1) is 11.8 Å². The minimum absolute atomic E-state index is 0.0821. The number of imide groups is 1. The first-order valence-corrected chi connectivity index (χ1v) is 9.17. The van der Waals surface area contributed by atoms with Crippen molar-refractivity contribution in [2.24, 2.45) is 11.8 Å². The predicted molar refractivity (Wildman–Crippen MR) is 92.0 cm³/mol. The van der Waals surface area contributed by atoms with Gasteiger partial charge in [-0.3, -0.25) is 14.5 Å². The van der Waals surface area contributed by atoms with E-state index in [0.29, 0.717) is 30.9 Å². The van der Waals surface area contributed by atoms with Gasteiger partial charge in [-0.15, -0.1) is 0 Å². The van der Waals surface area contributed by atoms with Crippen molar-refractivity contribution in [3.05, 3.63) is 35.4 Å². The molecule has 1 aromatic carbocycles. The summed E-state index contributed by atoms with van der Waals surface area (Å²) in [4.78, 5) is 40.5. The molecule has 5 rings (SSSR count). The summed E-state index contributed by atoms with van der Waals surface area (Å²) < 4.78 is 38.2. The highest BCUT2D eigenvalue weighted by Crippen LogP contribution is 2.54. The number of nitrogens with one attached hydrogen (secondary N) is 1. The second-order valence-corrected chi connectivity index (χ2v) is 7.82. The molecule has 150 valence electrons. The van der Waals surface area contributed by atoms with E-state index in [0.717, 1.165) is 17.0 Å². The van der Waals surface area contributed by atoms with Crippen LogP contribution in [0.1, 0.15) is 24.0 Å². The monoisotopic (exact) mass is 395 g/mol. The Kier molecular flexibility index (Phi) is 4.17. The van der Waals surface area contributed by atoms with Gasteiger partial charge in [0, 0.05) is 20.1 Å². The van der Waals surface area contributed by atoms with Crippen molar-refractivity contribution in [1.82, 2.24) is 15.1 Å². The number of hydrogen-bond donors (Lipinski definition) is 1. The van der Waals surface area contributed by atoms with Crippen LogP contribution in [0.4, 0.5) is 18.0 Å². The number of rotatable bonds is 5. The van der Waals surface area contributed by atoms with Gasteiger partial charge < -0.3 is 10.2 Å². The lowest BCUT2D eigenvalue weighted by Gasteiger charge is -2.34. The zero-order chi connectivity index (χ0) is 20.3. The molecule has 1 atom stereocenters. The summed E-state index contributed by atoms with van der Waals surface area (Å²) in [6.45, 7) is 0.492. The van der Waals surface area contributed by atoms with E-state index in [1.54, 1.807) is 4.90 Å². The van der Waals surface area contributed by atoms with Gasteiger partial charge in [0.2, 0.25) is 5.91 Å². The largest absolute Gasteiger partial charge is 0.416 e. The quantitative estimate of drug-likeness (QED) is 0.776. The second-order valence-electron chi connectivity index (χ2n) is 7.82. The topological polar surface area (TPSA) is 69.7 Å². The van der Waals surface area contributed by atoms with Crippen molar-refractivity contribution in [1.29, 1.82) is 0 Å². The van der Waals surface area contributed by atoms with E-state index in [4.69, 9.17) is 0 Å².